The molecular weight excluding hydrogens is 319 g/mol. The molecule has 0 saturated carbocycles. The first-order valence-electron chi connectivity index (χ1n) is 7.13. The number of carbonyl (C=O) groups is 1. The van der Waals surface area contributed by atoms with Crippen LogP contribution >= 0.6 is 11.6 Å². The van der Waals surface area contributed by atoms with Crippen LogP contribution in [-0.2, 0) is 4.79 Å². The third-order valence-electron chi connectivity index (χ3n) is 3.23. The predicted octanol–water partition coefficient (Wildman–Crippen LogP) is 4.24. The highest BCUT2D eigenvalue weighted by Gasteiger charge is 2.08. The maximum atomic E-state index is 13.1. The van der Waals surface area contributed by atoms with Gasteiger partial charge < -0.3 is 15.4 Å². The molecule has 0 aromatic heterocycles. The number of methoxy groups -OCH3 is 1. The Labute approximate surface area is 139 Å². The van der Waals surface area contributed by atoms with Crippen molar-refractivity contribution in [3.8, 4) is 5.75 Å². The quantitative estimate of drug-likeness (QED) is 0.829. The van der Waals surface area contributed by atoms with Crippen LogP contribution in [0.5, 0.6) is 5.75 Å². The summed E-state index contributed by atoms with van der Waals surface area (Å²) >= 11 is 5.70. The van der Waals surface area contributed by atoms with E-state index in [1.807, 2.05) is 25.1 Å². The normalized spacial score (nSPS) is 10.3. The van der Waals surface area contributed by atoms with Crippen molar-refractivity contribution in [3.05, 3.63) is 52.8 Å². The monoisotopic (exact) mass is 336 g/mol. The minimum Gasteiger partial charge on any atom is -0.495 e. The molecule has 23 heavy (non-hydrogen) atoms. The number of ether oxygens (including phenoxy) is 1. The molecule has 0 saturated heterocycles. The second kappa shape index (κ2) is 7.83. The van der Waals surface area contributed by atoms with Crippen molar-refractivity contribution < 1.29 is 13.9 Å². The SMILES string of the molecule is COc1ccc(C)cc1NC(=O)CCNc1ccc(F)c(Cl)c1. The highest BCUT2D eigenvalue weighted by atomic mass is 35.5. The summed E-state index contributed by atoms with van der Waals surface area (Å²) in [5.74, 6) is -0.00154. The van der Waals surface area contributed by atoms with E-state index in [2.05, 4.69) is 10.6 Å². The van der Waals surface area contributed by atoms with Crippen molar-refractivity contribution >= 4 is 28.9 Å². The summed E-state index contributed by atoms with van der Waals surface area (Å²) in [6, 6.07) is 9.91. The summed E-state index contributed by atoms with van der Waals surface area (Å²) < 4.78 is 18.3. The molecule has 6 heteroatoms. The number of anilines is 2. The van der Waals surface area contributed by atoms with Crippen molar-refractivity contribution in [2.75, 3.05) is 24.3 Å². The second-order valence-electron chi connectivity index (χ2n) is 5.06. The van der Waals surface area contributed by atoms with Gasteiger partial charge in [-0.25, -0.2) is 4.39 Å². The molecule has 0 aliphatic heterocycles. The van der Waals surface area contributed by atoms with Crippen LogP contribution in [0.2, 0.25) is 5.02 Å². The first kappa shape index (κ1) is 17.1. The van der Waals surface area contributed by atoms with Crippen molar-refractivity contribution in [2.24, 2.45) is 0 Å². The summed E-state index contributed by atoms with van der Waals surface area (Å²) in [7, 11) is 1.56. The van der Waals surface area contributed by atoms with Gasteiger partial charge in [0.1, 0.15) is 11.6 Å². The molecule has 2 rings (SSSR count). The van der Waals surface area contributed by atoms with E-state index >= 15 is 0 Å². The lowest BCUT2D eigenvalue weighted by Gasteiger charge is -2.11. The zero-order valence-electron chi connectivity index (χ0n) is 13.0. The third kappa shape index (κ3) is 4.86. The zero-order chi connectivity index (χ0) is 16.8. The fourth-order valence-corrected chi connectivity index (χ4v) is 2.24. The number of amides is 1. The molecule has 0 spiro atoms. The summed E-state index contributed by atoms with van der Waals surface area (Å²) in [6.45, 7) is 2.34. The van der Waals surface area contributed by atoms with Crippen molar-refractivity contribution in [1.82, 2.24) is 0 Å². The van der Waals surface area contributed by atoms with Gasteiger partial charge in [-0.15, -0.1) is 0 Å². The molecule has 2 N–H and O–H groups in total. The van der Waals surface area contributed by atoms with Crippen LogP contribution in [0.3, 0.4) is 0 Å². The average Bonchev–Trinajstić information content (AvgIpc) is 2.51. The van der Waals surface area contributed by atoms with Crippen molar-refractivity contribution in [2.45, 2.75) is 13.3 Å². The van der Waals surface area contributed by atoms with Gasteiger partial charge in [-0.3, -0.25) is 4.79 Å². The molecule has 1 amide bonds. The van der Waals surface area contributed by atoms with Crippen LogP contribution in [-0.4, -0.2) is 19.6 Å². The molecule has 4 nitrogen and oxygen atoms in total. The van der Waals surface area contributed by atoms with Crippen molar-refractivity contribution in [1.29, 1.82) is 0 Å². The van der Waals surface area contributed by atoms with Crippen LogP contribution in [0.15, 0.2) is 36.4 Å². The molecule has 2 aromatic carbocycles. The number of hydrogen-bond donors (Lipinski definition) is 2. The van der Waals surface area contributed by atoms with E-state index in [9.17, 15) is 9.18 Å². The van der Waals surface area contributed by atoms with Crippen LogP contribution in [0, 0.1) is 12.7 Å². The minimum atomic E-state index is -0.471. The van der Waals surface area contributed by atoms with E-state index in [4.69, 9.17) is 16.3 Å². The Kier molecular flexibility index (Phi) is 5.82. The molecule has 0 aliphatic rings. The molecule has 0 bridgehead atoms. The van der Waals surface area contributed by atoms with Gasteiger partial charge in [0.05, 0.1) is 17.8 Å². The Morgan fingerprint density at radius 1 is 1.26 bits per heavy atom. The van der Waals surface area contributed by atoms with E-state index in [0.29, 0.717) is 23.7 Å². The zero-order valence-corrected chi connectivity index (χ0v) is 13.7. The number of benzene rings is 2. The predicted molar refractivity (Wildman–Crippen MR) is 90.9 cm³/mol. The Balaban J connectivity index is 1.88. The van der Waals surface area contributed by atoms with E-state index in [-0.39, 0.29) is 17.4 Å². The van der Waals surface area contributed by atoms with Crippen LogP contribution in [0.1, 0.15) is 12.0 Å². The molecule has 0 fully saturated rings. The maximum Gasteiger partial charge on any atom is 0.226 e. The van der Waals surface area contributed by atoms with E-state index in [1.165, 1.54) is 12.1 Å². The lowest BCUT2D eigenvalue weighted by molar-refractivity contribution is -0.116. The molecule has 0 atom stereocenters. The van der Waals surface area contributed by atoms with Gasteiger partial charge in [-0.1, -0.05) is 17.7 Å². The third-order valence-corrected chi connectivity index (χ3v) is 3.52. The van der Waals surface area contributed by atoms with Gasteiger partial charge in [0, 0.05) is 18.7 Å². The number of carbonyl (C=O) groups excluding carboxylic acids is 1. The maximum absolute atomic E-state index is 13.1. The van der Waals surface area contributed by atoms with Crippen LogP contribution in [0.4, 0.5) is 15.8 Å². The first-order chi connectivity index (χ1) is 11.0. The van der Waals surface area contributed by atoms with Crippen LogP contribution in [0.25, 0.3) is 0 Å². The summed E-state index contributed by atoms with van der Waals surface area (Å²) in [5, 5.41) is 5.89. The highest BCUT2D eigenvalue weighted by Crippen LogP contribution is 2.25. The second-order valence-corrected chi connectivity index (χ2v) is 5.46. The molecular formula is C17H18ClFN2O2. The Bertz CT molecular complexity index is 707. The van der Waals surface area contributed by atoms with E-state index in [0.717, 1.165) is 5.56 Å². The Hall–Kier alpha value is -2.27. The van der Waals surface area contributed by atoms with Gasteiger partial charge in [0.25, 0.3) is 0 Å². The van der Waals surface area contributed by atoms with Gasteiger partial charge in [0.2, 0.25) is 5.91 Å². The van der Waals surface area contributed by atoms with Crippen molar-refractivity contribution in [3.63, 3.8) is 0 Å². The summed E-state index contributed by atoms with van der Waals surface area (Å²) in [4.78, 5) is 12.0. The average molecular weight is 337 g/mol. The van der Waals surface area contributed by atoms with Crippen LogP contribution < -0.4 is 15.4 Å². The first-order valence-corrected chi connectivity index (χ1v) is 7.51. The fourth-order valence-electron chi connectivity index (χ4n) is 2.06. The summed E-state index contributed by atoms with van der Waals surface area (Å²) in [5.41, 5.74) is 2.33. The molecule has 0 radical (unpaired) electrons. The molecule has 0 unspecified atom stereocenters. The van der Waals surface area contributed by atoms with Gasteiger partial charge in [0.15, 0.2) is 0 Å². The largest absolute Gasteiger partial charge is 0.495 e. The lowest BCUT2D eigenvalue weighted by Crippen LogP contribution is -2.16. The highest BCUT2D eigenvalue weighted by molar-refractivity contribution is 6.31. The fraction of sp³-hybridized carbons (Fsp3) is 0.235. The number of nitrogens with one attached hydrogen (secondary N) is 2. The smallest absolute Gasteiger partial charge is 0.226 e. The standard InChI is InChI=1S/C17H18ClFN2O2/c1-11-3-6-16(23-2)15(9-11)21-17(22)7-8-20-12-4-5-14(19)13(18)10-12/h3-6,9-10,20H,7-8H2,1-2H3,(H,21,22). The summed E-state index contributed by atoms with van der Waals surface area (Å²) in [6.07, 6.45) is 0.256. The molecule has 2 aromatic rings. The topological polar surface area (TPSA) is 50.4 Å². The Morgan fingerprint density at radius 3 is 2.74 bits per heavy atom. The van der Waals surface area contributed by atoms with Gasteiger partial charge in [-0.05, 0) is 42.8 Å². The van der Waals surface area contributed by atoms with Gasteiger partial charge in [-0.2, -0.15) is 0 Å². The Morgan fingerprint density at radius 2 is 2.04 bits per heavy atom. The molecule has 0 aliphatic carbocycles. The molecule has 122 valence electrons. The number of rotatable bonds is 6. The lowest BCUT2D eigenvalue weighted by atomic mass is 10.2. The number of aryl methyl sites for hydroxylation is 1. The minimum absolute atomic E-state index is 0.0453. The van der Waals surface area contributed by atoms with E-state index in [1.54, 1.807) is 13.2 Å². The van der Waals surface area contributed by atoms with E-state index < -0.39 is 5.82 Å². The molecule has 0 heterocycles. The number of halogens is 2. The van der Waals surface area contributed by atoms with Gasteiger partial charge >= 0.3 is 0 Å². The number of hydrogen-bond acceptors (Lipinski definition) is 3.